The molecule has 0 spiro atoms. The highest BCUT2D eigenvalue weighted by atomic mass is 32.2. The topological polar surface area (TPSA) is 98.5 Å². The van der Waals surface area contributed by atoms with Crippen LogP contribution in [0.25, 0.3) is 0 Å². The Kier molecular flexibility index (Phi) is 5.06. The van der Waals surface area contributed by atoms with Gasteiger partial charge >= 0.3 is 5.97 Å². The maximum atomic E-state index is 12.2. The third-order valence-corrected chi connectivity index (χ3v) is 4.32. The van der Waals surface area contributed by atoms with Crippen LogP contribution in [0.5, 0.6) is 0 Å². The smallest absolute Gasteiger partial charge is 0.338 e. The van der Waals surface area contributed by atoms with Crippen molar-refractivity contribution in [3.63, 3.8) is 0 Å². The number of nitrogens with two attached hydrogens (primary N) is 1. The van der Waals surface area contributed by atoms with Gasteiger partial charge in [0.15, 0.2) is 5.09 Å². The number of nitriles is 1. The van der Waals surface area contributed by atoms with Crippen LogP contribution in [0.1, 0.15) is 31.1 Å². The van der Waals surface area contributed by atoms with Crippen molar-refractivity contribution in [3.05, 3.63) is 40.2 Å². The lowest BCUT2D eigenvalue weighted by Crippen LogP contribution is -2.25. The lowest BCUT2D eigenvalue weighted by molar-refractivity contribution is -0.136. The van der Waals surface area contributed by atoms with E-state index >= 15 is 0 Å². The highest BCUT2D eigenvalue weighted by Gasteiger charge is 2.38. The summed E-state index contributed by atoms with van der Waals surface area (Å²) in [5.74, 6) is 0.589. The third kappa shape index (κ3) is 3.08. The van der Waals surface area contributed by atoms with Gasteiger partial charge in [-0.25, -0.2) is 4.79 Å². The van der Waals surface area contributed by atoms with E-state index < -0.39 is 11.9 Å². The molecule has 0 radical (unpaired) electrons. The minimum absolute atomic E-state index is 0.00560. The molecule has 0 unspecified atom stereocenters. The SMILES string of the molecule is CCSc1oc(C)cc1[C@@H]1C(C#N)=C(N)OC(C)=C1C(=O)OC. The Morgan fingerprint density at radius 3 is 2.78 bits per heavy atom. The largest absolute Gasteiger partial charge is 0.466 e. The fourth-order valence-electron chi connectivity index (χ4n) is 2.52. The van der Waals surface area contributed by atoms with Gasteiger partial charge < -0.3 is 19.6 Å². The lowest BCUT2D eigenvalue weighted by Gasteiger charge is -2.26. The van der Waals surface area contributed by atoms with Crippen LogP contribution in [0.4, 0.5) is 0 Å². The number of rotatable bonds is 4. The molecule has 1 aromatic heterocycles. The Labute approximate surface area is 138 Å². The second kappa shape index (κ2) is 6.84. The standard InChI is InChI=1S/C16H18N2O4S/c1-5-23-16-10(6-8(2)21-16)13-11(7-17)14(18)22-9(3)12(13)15(19)20-4/h6,13H,5,18H2,1-4H3/t13-/m1/s1. The first-order chi connectivity index (χ1) is 10.9. The lowest BCUT2D eigenvalue weighted by atomic mass is 9.84. The molecule has 0 bridgehead atoms. The first kappa shape index (κ1) is 17.0. The van der Waals surface area contributed by atoms with Gasteiger partial charge in [-0.2, -0.15) is 5.26 Å². The van der Waals surface area contributed by atoms with Gasteiger partial charge in [0, 0.05) is 5.56 Å². The molecule has 2 heterocycles. The van der Waals surface area contributed by atoms with Crippen molar-refractivity contribution in [2.24, 2.45) is 5.73 Å². The number of aryl methyl sites for hydroxylation is 1. The van der Waals surface area contributed by atoms with E-state index in [4.69, 9.17) is 19.6 Å². The van der Waals surface area contributed by atoms with Crippen molar-refractivity contribution in [2.45, 2.75) is 31.8 Å². The monoisotopic (exact) mass is 334 g/mol. The molecular weight excluding hydrogens is 316 g/mol. The molecule has 0 aromatic carbocycles. The van der Waals surface area contributed by atoms with Crippen LogP contribution >= 0.6 is 11.8 Å². The van der Waals surface area contributed by atoms with E-state index in [-0.39, 0.29) is 17.0 Å². The average Bonchev–Trinajstić information content (AvgIpc) is 2.86. The average molecular weight is 334 g/mol. The third-order valence-electron chi connectivity index (χ3n) is 3.45. The van der Waals surface area contributed by atoms with E-state index in [1.165, 1.54) is 18.9 Å². The molecule has 122 valence electrons. The van der Waals surface area contributed by atoms with Gasteiger partial charge in [-0.1, -0.05) is 18.7 Å². The predicted molar refractivity (Wildman–Crippen MR) is 85.2 cm³/mol. The Bertz CT molecular complexity index is 740. The minimum atomic E-state index is -0.660. The van der Waals surface area contributed by atoms with E-state index in [2.05, 4.69) is 0 Å². The summed E-state index contributed by atoms with van der Waals surface area (Å²) in [7, 11) is 1.29. The van der Waals surface area contributed by atoms with E-state index in [1.54, 1.807) is 6.92 Å². The fourth-order valence-corrected chi connectivity index (χ4v) is 3.32. The summed E-state index contributed by atoms with van der Waals surface area (Å²) in [5, 5.41) is 10.2. The van der Waals surface area contributed by atoms with Crippen molar-refractivity contribution < 1.29 is 18.7 Å². The Balaban J connectivity index is 2.68. The Morgan fingerprint density at radius 1 is 1.52 bits per heavy atom. The molecule has 1 aliphatic heterocycles. The zero-order chi connectivity index (χ0) is 17.1. The quantitative estimate of drug-likeness (QED) is 0.667. The summed E-state index contributed by atoms with van der Waals surface area (Å²) in [6.07, 6.45) is 0. The molecule has 0 saturated carbocycles. The molecule has 0 fully saturated rings. The number of allylic oxidation sites excluding steroid dienone is 2. The maximum Gasteiger partial charge on any atom is 0.338 e. The molecule has 6 nitrogen and oxygen atoms in total. The molecular formula is C16H18N2O4S. The molecule has 2 N–H and O–H groups in total. The maximum absolute atomic E-state index is 12.2. The van der Waals surface area contributed by atoms with Crippen molar-refractivity contribution in [1.29, 1.82) is 5.26 Å². The minimum Gasteiger partial charge on any atom is -0.466 e. The number of carbonyl (C=O) groups is 1. The van der Waals surface area contributed by atoms with Crippen LogP contribution in [-0.2, 0) is 14.3 Å². The number of furan rings is 1. The number of hydrogen-bond donors (Lipinski definition) is 1. The van der Waals surface area contributed by atoms with Gasteiger partial charge in [-0.15, -0.1) is 0 Å². The van der Waals surface area contributed by atoms with Gasteiger partial charge in [0.25, 0.3) is 0 Å². The molecule has 0 amide bonds. The number of esters is 1. The molecule has 1 aliphatic rings. The first-order valence-electron chi connectivity index (χ1n) is 7.04. The molecule has 0 saturated heterocycles. The predicted octanol–water partition coefficient (Wildman–Crippen LogP) is 2.95. The van der Waals surface area contributed by atoms with E-state index in [0.717, 1.165) is 11.3 Å². The molecule has 2 rings (SSSR count). The number of methoxy groups -OCH3 is 1. The van der Waals surface area contributed by atoms with Crippen LogP contribution < -0.4 is 5.73 Å². The van der Waals surface area contributed by atoms with Crippen LogP contribution in [0.15, 0.2) is 38.4 Å². The van der Waals surface area contributed by atoms with Crippen LogP contribution in [0, 0.1) is 18.3 Å². The normalized spacial score (nSPS) is 17.8. The molecule has 23 heavy (non-hydrogen) atoms. The van der Waals surface area contributed by atoms with E-state index in [1.807, 2.05) is 26.0 Å². The summed E-state index contributed by atoms with van der Waals surface area (Å²) < 4.78 is 15.9. The number of ether oxygens (including phenoxy) is 2. The van der Waals surface area contributed by atoms with Crippen molar-refractivity contribution in [2.75, 3.05) is 12.9 Å². The number of hydrogen-bond acceptors (Lipinski definition) is 7. The van der Waals surface area contributed by atoms with E-state index in [0.29, 0.717) is 16.6 Å². The summed E-state index contributed by atoms with van der Waals surface area (Å²) in [4.78, 5) is 12.2. The molecule has 0 aliphatic carbocycles. The van der Waals surface area contributed by atoms with Crippen LogP contribution in [0.2, 0.25) is 0 Å². The van der Waals surface area contributed by atoms with Gasteiger partial charge in [0.05, 0.1) is 18.6 Å². The summed E-state index contributed by atoms with van der Waals surface area (Å²) in [5.41, 5.74) is 7.01. The van der Waals surface area contributed by atoms with Gasteiger partial charge in [-0.05, 0) is 25.7 Å². The van der Waals surface area contributed by atoms with Crippen molar-refractivity contribution >= 4 is 17.7 Å². The number of carbonyl (C=O) groups excluding carboxylic acids is 1. The Hall–Kier alpha value is -2.33. The van der Waals surface area contributed by atoms with Crippen molar-refractivity contribution in [1.82, 2.24) is 0 Å². The highest BCUT2D eigenvalue weighted by Crippen LogP contribution is 2.44. The van der Waals surface area contributed by atoms with Gasteiger partial charge in [0.2, 0.25) is 5.88 Å². The van der Waals surface area contributed by atoms with E-state index in [9.17, 15) is 10.1 Å². The fraction of sp³-hybridized carbons (Fsp3) is 0.375. The summed E-state index contributed by atoms with van der Waals surface area (Å²) in [6.45, 7) is 5.43. The van der Waals surface area contributed by atoms with Gasteiger partial charge in [-0.3, -0.25) is 0 Å². The molecule has 7 heteroatoms. The molecule has 1 atom stereocenters. The number of thioether (sulfide) groups is 1. The molecule has 1 aromatic rings. The first-order valence-corrected chi connectivity index (χ1v) is 8.02. The number of nitrogens with zero attached hydrogens (tertiary/aromatic N) is 1. The van der Waals surface area contributed by atoms with Gasteiger partial charge in [0.1, 0.15) is 23.2 Å². The zero-order valence-electron chi connectivity index (χ0n) is 13.4. The van der Waals surface area contributed by atoms with Crippen LogP contribution in [0.3, 0.4) is 0 Å². The summed E-state index contributed by atoms with van der Waals surface area (Å²) >= 11 is 1.50. The highest BCUT2D eigenvalue weighted by molar-refractivity contribution is 7.99. The van der Waals surface area contributed by atoms with Crippen molar-refractivity contribution in [3.8, 4) is 6.07 Å². The Morgan fingerprint density at radius 2 is 2.22 bits per heavy atom. The second-order valence-corrected chi connectivity index (χ2v) is 6.16. The second-order valence-electron chi connectivity index (χ2n) is 4.92. The van der Waals surface area contributed by atoms with Crippen LogP contribution in [-0.4, -0.2) is 18.8 Å². The zero-order valence-corrected chi connectivity index (χ0v) is 14.2. The summed E-state index contributed by atoms with van der Waals surface area (Å²) in [6, 6.07) is 3.86.